The van der Waals surface area contributed by atoms with Gasteiger partial charge in [-0.05, 0) is 62.1 Å². The number of rotatable bonds is 4. The van der Waals surface area contributed by atoms with Crippen LogP contribution in [0.3, 0.4) is 0 Å². The van der Waals surface area contributed by atoms with Crippen LogP contribution >= 0.6 is 15.9 Å². The van der Waals surface area contributed by atoms with E-state index in [0.29, 0.717) is 0 Å². The van der Waals surface area contributed by atoms with Crippen LogP contribution in [-0.4, -0.2) is 12.5 Å². The van der Waals surface area contributed by atoms with Crippen LogP contribution in [0.25, 0.3) is 0 Å². The molecule has 4 heteroatoms. The predicted octanol–water partition coefficient (Wildman–Crippen LogP) is 4.70. The lowest BCUT2D eigenvalue weighted by atomic mass is 10.1. The molecule has 0 aliphatic rings. The van der Waals surface area contributed by atoms with Crippen molar-refractivity contribution in [2.75, 3.05) is 11.9 Å². The van der Waals surface area contributed by atoms with Gasteiger partial charge in [0, 0.05) is 10.2 Å². The van der Waals surface area contributed by atoms with E-state index in [-0.39, 0.29) is 12.5 Å². The first-order valence-corrected chi connectivity index (χ1v) is 7.94. The SMILES string of the molecule is Cc1ccccc1NC(=O)COc1cc(C)c(Br)c(C)c1C. The number of anilines is 1. The molecule has 0 aliphatic carbocycles. The fourth-order valence-corrected chi connectivity index (χ4v) is 2.62. The molecule has 0 radical (unpaired) electrons. The molecule has 2 aromatic carbocycles. The third-order valence-corrected chi connectivity index (χ3v) is 4.95. The Morgan fingerprint density at radius 2 is 1.77 bits per heavy atom. The molecule has 3 nitrogen and oxygen atoms in total. The number of halogens is 1. The molecule has 116 valence electrons. The summed E-state index contributed by atoms with van der Waals surface area (Å²) in [6, 6.07) is 9.63. The zero-order valence-corrected chi connectivity index (χ0v) is 14.9. The molecule has 1 amide bonds. The monoisotopic (exact) mass is 361 g/mol. The first-order valence-electron chi connectivity index (χ1n) is 7.14. The molecule has 0 atom stereocenters. The number of ether oxygens (including phenoxy) is 1. The molecule has 2 rings (SSSR count). The second-order valence-corrected chi connectivity index (χ2v) is 6.20. The van der Waals surface area contributed by atoms with Crippen molar-refractivity contribution in [2.45, 2.75) is 27.7 Å². The van der Waals surface area contributed by atoms with Gasteiger partial charge in [-0.15, -0.1) is 0 Å². The Labute approximate surface area is 139 Å². The van der Waals surface area contributed by atoms with Crippen molar-refractivity contribution in [1.82, 2.24) is 0 Å². The number of para-hydroxylation sites is 1. The van der Waals surface area contributed by atoms with E-state index in [0.717, 1.165) is 38.2 Å². The van der Waals surface area contributed by atoms with E-state index in [4.69, 9.17) is 4.74 Å². The van der Waals surface area contributed by atoms with Crippen LogP contribution in [0.2, 0.25) is 0 Å². The fraction of sp³-hybridized carbons (Fsp3) is 0.278. The lowest BCUT2D eigenvalue weighted by Crippen LogP contribution is -2.21. The molecule has 0 saturated carbocycles. The standard InChI is InChI=1S/C18H20BrNO2/c1-11-7-5-6-8-15(11)20-17(21)10-22-16-9-12(2)18(19)14(4)13(16)3/h5-9H,10H2,1-4H3,(H,20,21). The summed E-state index contributed by atoms with van der Waals surface area (Å²) >= 11 is 3.56. The number of carbonyl (C=O) groups is 1. The van der Waals surface area contributed by atoms with E-state index in [1.54, 1.807) is 0 Å². The minimum Gasteiger partial charge on any atom is -0.483 e. The van der Waals surface area contributed by atoms with Gasteiger partial charge in [0.2, 0.25) is 0 Å². The zero-order valence-electron chi connectivity index (χ0n) is 13.3. The highest BCUT2D eigenvalue weighted by atomic mass is 79.9. The molecule has 0 spiro atoms. The molecule has 0 bridgehead atoms. The number of hydrogen-bond acceptors (Lipinski definition) is 2. The highest BCUT2D eigenvalue weighted by Crippen LogP contribution is 2.31. The van der Waals surface area contributed by atoms with Gasteiger partial charge in [0.15, 0.2) is 6.61 Å². The van der Waals surface area contributed by atoms with Crippen molar-refractivity contribution in [1.29, 1.82) is 0 Å². The summed E-state index contributed by atoms with van der Waals surface area (Å²) in [7, 11) is 0. The first-order chi connectivity index (χ1) is 10.4. The maximum Gasteiger partial charge on any atom is 0.262 e. The number of amides is 1. The van der Waals surface area contributed by atoms with Crippen LogP contribution < -0.4 is 10.1 Å². The van der Waals surface area contributed by atoms with Gasteiger partial charge in [0.1, 0.15) is 5.75 Å². The van der Waals surface area contributed by atoms with E-state index < -0.39 is 0 Å². The minimum atomic E-state index is -0.160. The molecule has 2 aromatic rings. The summed E-state index contributed by atoms with van der Waals surface area (Å²) < 4.78 is 6.78. The summed E-state index contributed by atoms with van der Waals surface area (Å²) in [5.74, 6) is 0.588. The summed E-state index contributed by atoms with van der Waals surface area (Å²) in [5.41, 5.74) is 5.12. The Bertz CT molecular complexity index is 710. The second-order valence-electron chi connectivity index (χ2n) is 5.41. The molecule has 0 unspecified atom stereocenters. The average molecular weight is 362 g/mol. The topological polar surface area (TPSA) is 38.3 Å². The number of nitrogens with one attached hydrogen (secondary N) is 1. The maximum absolute atomic E-state index is 12.0. The first kappa shape index (κ1) is 16.6. The molecule has 0 aliphatic heterocycles. The number of carbonyl (C=O) groups excluding carboxylic acids is 1. The maximum atomic E-state index is 12.0. The predicted molar refractivity (Wildman–Crippen MR) is 93.7 cm³/mol. The van der Waals surface area contributed by atoms with Crippen LogP contribution in [0.15, 0.2) is 34.8 Å². The highest BCUT2D eigenvalue weighted by Gasteiger charge is 2.11. The van der Waals surface area contributed by atoms with Crippen molar-refractivity contribution >= 4 is 27.5 Å². The molecule has 0 aromatic heterocycles. The van der Waals surface area contributed by atoms with Gasteiger partial charge in [0.05, 0.1) is 0 Å². The molecule has 0 saturated heterocycles. The van der Waals surface area contributed by atoms with Crippen molar-refractivity contribution in [2.24, 2.45) is 0 Å². The van der Waals surface area contributed by atoms with Gasteiger partial charge >= 0.3 is 0 Å². The van der Waals surface area contributed by atoms with E-state index >= 15 is 0 Å². The van der Waals surface area contributed by atoms with Crippen LogP contribution in [0.5, 0.6) is 5.75 Å². The summed E-state index contributed by atoms with van der Waals surface area (Å²) in [4.78, 5) is 12.0. The fourth-order valence-electron chi connectivity index (χ4n) is 2.21. The minimum absolute atomic E-state index is 0.00428. The lowest BCUT2D eigenvalue weighted by Gasteiger charge is -2.14. The van der Waals surface area contributed by atoms with Crippen molar-refractivity contribution in [3.63, 3.8) is 0 Å². The van der Waals surface area contributed by atoms with Crippen LogP contribution in [0.1, 0.15) is 22.3 Å². The molecule has 0 fully saturated rings. The van der Waals surface area contributed by atoms with Crippen molar-refractivity contribution in [3.8, 4) is 5.75 Å². The Morgan fingerprint density at radius 3 is 2.45 bits per heavy atom. The smallest absolute Gasteiger partial charge is 0.262 e. The Kier molecular flexibility index (Phi) is 5.24. The van der Waals surface area contributed by atoms with Crippen molar-refractivity contribution < 1.29 is 9.53 Å². The lowest BCUT2D eigenvalue weighted by molar-refractivity contribution is -0.118. The van der Waals surface area contributed by atoms with E-state index in [9.17, 15) is 4.79 Å². The van der Waals surface area contributed by atoms with Gasteiger partial charge in [-0.25, -0.2) is 0 Å². The van der Waals surface area contributed by atoms with E-state index in [2.05, 4.69) is 21.2 Å². The molecule has 0 heterocycles. The number of benzene rings is 2. The van der Waals surface area contributed by atoms with Crippen LogP contribution in [0, 0.1) is 27.7 Å². The van der Waals surface area contributed by atoms with Gasteiger partial charge < -0.3 is 10.1 Å². The van der Waals surface area contributed by atoms with Gasteiger partial charge in [0.25, 0.3) is 5.91 Å². The Morgan fingerprint density at radius 1 is 1.09 bits per heavy atom. The summed E-state index contributed by atoms with van der Waals surface area (Å²) in [6.07, 6.45) is 0. The number of hydrogen-bond donors (Lipinski definition) is 1. The third-order valence-electron chi connectivity index (χ3n) is 3.73. The average Bonchev–Trinajstić information content (AvgIpc) is 2.50. The van der Waals surface area contributed by atoms with Crippen LogP contribution in [-0.2, 0) is 4.79 Å². The summed E-state index contributed by atoms with van der Waals surface area (Å²) in [6.45, 7) is 8.00. The quantitative estimate of drug-likeness (QED) is 0.856. The van der Waals surface area contributed by atoms with Crippen LogP contribution in [0.4, 0.5) is 5.69 Å². The van der Waals surface area contributed by atoms with Crippen molar-refractivity contribution in [3.05, 3.63) is 57.1 Å². The summed E-state index contributed by atoms with van der Waals surface area (Å²) in [5, 5.41) is 2.87. The largest absolute Gasteiger partial charge is 0.483 e. The van der Waals surface area contributed by atoms with E-state index in [1.807, 2.05) is 58.0 Å². The van der Waals surface area contributed by atoms with Gasteiger partial charge in [-0.3, -0.25) is 4.79 Å². The molecular formula is C18H20BrNO2. The number of aryl methyl sites for hydroxylation is 2. The molecular weight excluding hydrogens is 342 g/mol. The van der Waals surface area contributed by atoms with E-state index in [1.165, 1.54) is 0 Å². The van der Waals surface area contributed by atoms with Gasteiger partial charge in [-0.2, -0.15) is 0 Å². The highest BCUT2D eigenvalue weighted by molar-refractivity contribution is 9.10. The molecule has 1 N–H and O–H groups in total. The Balaban J connectivity index is 2.05. The third kappa shape index (κ3) is 3.69. The van der Waals surface area contributed by atoms with Gasteiger partial charge in [-0.1, -0.05) is 34.1 Å². The zero-order chi connectivity index (χ0) is 16.3. The molecule has 22 heavy (non-hydrogen) atoms. The Hall–Kier alpha value is -1.81. The normalized spacial score (nSPS) is 10.4. The second kappa shape index (κ2) is 6.97.